The van der Waals surface area contributed by atoms with Crippen molar-refractivity contribution in [3.63, 3.8) is 0 Å². The zero-order chi connectivity index (χ0) is 22.6. The number of thioether (sulfide) groups is 1. The van der Waals surface area contributed by atoms with Crippen molar-refractivity contribution in [2.24, 2.45) is 0 Å². The number of morpholine rings is 1. The standard InChI is InChI=1S/C22H27N7O3S/c30-29(31)17-7-5-16(6-8-17)15-33-22-25-21-24-19-4-2-1-3-18(19)20(28(21)26-22)23-9-10-27-11-13-32-14-12-27/h5-8,23H,1-4,9-15H2. The number of aryl methyl sites for hydroxylation is 1. The summed E-state index contributed by atoms with van der Waals surface area (Å²) in [5, 5.41) is 19.9. The number of nitro benzene ring substituents is 1. The third-order valence-corrected chi connectivity index (χ3v) is 6.99. The van der Waals surface area contributed by atoms with Crippen molar-refractivity contribution in [2.75, 3.05) is 44.7 Å². The third kappa shape index (κ3) is 5.10. The summed E-state index contributed by atoms with van der Waals surface area (Å²) < 4.78 is 7.29. The van der Waals surface area contributed by atoms with Gasteiger partial charge in [0.25, 0.3) is 11.5 Å². The van der Waals surface area contributed by atoms with Crippen LogP contribution in [0.4, 0.5) is 11.5 Å². The maximum atomic E-state index is 10.9. The average Bonchev–Trinajstić information content (AvgIpc) is 3.26. The molecule has 11 heteroatoms. The molecule has 0 atom stereocenters. The first-order chi connectivity index (χ1) is 16.2. The molecule has 33 heavy (non-hydrogen) atoms. The summed E-state index contributed by atoms with van der Waals surface area (Å²) in [7, 11) is 0. The maximum Gasteiger partial charge on any atom is 0.269 e. The minimum Gasteiger partial charge on any atom is -0.379 e. The van der Waals surface area contributed by atoms with Crippen LogP contribution < -0.4 is 5.32 Å². The van der Waals surface area contributed by atoms with Gasteiger partial charge in [-0.05, 0) is 31.2 Å². The van der Waals surface area contributed by atoms with Crippen molar-refractivity contribution < 1.29 is 9.66 Å². The van der Waals surface area contributed by atoms with Crippen molar-refractivity contribution in [1.82, 2.24) is 24.5 Å². The molecule has 1 fully saturated rings. The first kappa shape index (κ1) is 22.1. The monoisotopic (exact) mass is 469 g/mol. The summed E-state index contributed by atoms with van der Waals surface area (Å²) in [6, 6.07) is 6.60. The summed E-state index contributed by atoms with van der Waals surface area (Å²) in [5.74, 6) is 2.27. The molecule has 10 nitrogen and oxygen atoms in total. The fourth-order valence-electron chi connectivity index (χ4n) is 4.29. The largest absolute Gasteiger partial charge is 0.379 e. The lowest BCUT2D eigenvalue weighted by molar-refractivity contribution is -0.384. The quantitative estimate of drug-likeness (QED) is 0.302. The van der Waals surface area contributed by atoms with E-state index in [0.29, 0.717) is 16.7 Å². The van der Waals surface area contributed by atoms with Gasteiger partial charge in [0.1, 0.15) is 5.82 Å². The molecule has 1 aromatic carbocycles. The number of aromatic nitrogens is 4. The molecule has 174 valence electrons. The molecule has 0 amide bonds. The number of ether oxygens (including phenoxy) is 1. The summed E-state index contributed by atoms with van der Waals surface area (Å²) in [5.41, 5.74) is 3.47. The Bertz CT molecular complexity index is 1130. The van der Waals surface area contributed by atoms with Crippen LogP contribution in [0, 0.1) is 10.1 Å². The Labute approximate surface area is 195 Å². The van der Waals surface area contributed by atoms with Gasteiger partial charge >= 0.3 is 0 Å². The minimum atomic E-state index is -0.387. The van der Waals surface area contributed by atoms with Gasteiger partial charge in [-0.15, -0.1) is 5.10 Å². The highest BCUT2D eigenvalue weighted by atomic mass is 32.2. The van der Waals surface area contributed by atoms with Crippen LogP contribution in [0.2, 0.25) is 0 Å². The van der Waals surface area contributed by atoms with Gasteiger partial charge in [-0.2, -0.15) is 9.50 Å². The summed E-state index contributed by atoms with van der Waals surface area (Å²) >= 11 is 1.51. The molecule has 3 heterocycles. The zero-order valence-corrected chi connectivity index (χ0v) is 19.2. The van der Waals surface area contributed by atoms with E-state index in [0.717, 1.165) is 82.2 Å². The Hall–Kier alpha value is -2.76. The smallest absolute Gasteiger partial charge is 0.269 e. The molecule has 2 aliphatic rings. The molecular formula is C22H27N7O3S. The molecule has 0 spiro atoms. The number of nitrogens with zero attached hydrogens (tertiary/aromatic N) is 6. The van der Waals surface area contributed by atoms with Gasteiger partial charge in [0.15, 0.2) is 0 Å². The van der Waals surface area contributed by atoms with Crippen molar-refractivity contribution in [3.8, 4) is 0 Å². The number of nitrogens with one attached hydrogen (secondary N) is 1. The maximum absolute atomic E-state index is 10.9. The van der Waals surface area contributed by atoms with Crippen LogP contribution in [0.15, 0.2) is 29.4 Å². The van der Waals surface area contributed by atoms with Crippen LogP contribution in [-0.4, -0.2) is 68.8 Å². The number of hydrogen-bond donors (Lipinski definition) is 1. The van der Waals surface area contributed by atoms with E-state index in [-0.39, 0.29) is 10.6 Å². The Morgan fingerprint density at radius 2 is 1.91 bits per heavy atom. The van der Waals surface area contributed by atoms with E-state index in [2.05, 4.69) is 15.2 Å². The molecule has 0 radical (unpaired) electrons. The summed E-state index contributed by atoms with van der Waals surface area (Å²) in [4.78, 5) is 22.4. The fourth-order valence-corrected chi connectivity index (χ4v) is 5.06. The SMILES string of the molecule is O=[N+]([O-])c1ccc(CSc2nc3nc4c(c(NCCN5CCOCC5)n3n2)CCCC4)cc1. The highest BCUT2D eigenvalue weighted by Gasteiger charge is 2.21. The van der Waals surface area contributed by atoms with Crippen molar-refractivity contribution in [2.45, 2.75) is 36.6 Å². The molecule has 0 unspecified atom stereocenters. The lowest BCUT2D eigenvalue weighted by atomic mass is 9.96. The van der Waals surface area contributed by atoms with Gasteiger partial charge in [-0.3, -0.25) is 15.0 Å². The summed E-state index contributed by atoms with van der Waals surface area (Å²) in [6.45, 7) is 5.33. The second kappa shape index (κ2) is 10.0. The first-order valence-corrected chi connectivity index (χ1v) is 12.3. The topological polar surface area (TPSA) is 111 Å². The number of benzene rings is 1. The first-order valence-electron chi connectivity index (χ1n) is 11.4. The zero-order valence-electron chi connectivity index (χ0n) is 18.4. The highest BCUT2D eigenvalue weighted by Crippen LogP contribution is 2.29. The second-order valence-corrected chi connectivity index (χ2v) is 9.23. The third-order valence-electron chi connectivity index (χ3n) is 6.08. The molecule has 3 aromatic rings. The van der Waals surface area contributed by atoms with Crippen LogP contribution in [0.1, 0.15) is 29.7 Å². The van der Waals surface area contributed by atoms with Crippen LogP contribution >= 0.6 is 11.8 Å². The number of fused-ring (bicyclic) bond motifs is 2. The number of hydrogen-bond acceptors (Lipinski definition) is 9. The molecule has 0 saturated carbocycles. The molecule has 1 N–H and O–H groups in total. The van der Waals surface area contributed by atoms with Gasteiger partial charge in [-0.1, -0.05) is 23.9 Å². The van der Waals surface area contributed by atoms with E-state index in [4.69, 9.17) is 14.8 Å². The van der Waals surface area contributed by atoms with Gasteiger partial charge in [0, 0.05) is 49.6 Å². The highest BCUT2D eigenvalue weighted by molar-refractivity contribution is 7.98. The van der Waals surface area contributed by atoms with E-state index in [1.54, 1.807) is 12.1 Å². The molecule has 2 aromatic heterocycles. The Morgan fingerprint density at radius 1 is 1.12 bits per heavy atom. The molecule has 5 rings (SSSR count). The van der Waals surface area contributed by atoms with E-state index >= 15 is 0 Å². The number of anilines is 1. The van der Waals surface area contributed by atoms with Crippen LogP contribution in [-0.2, 0) is 23.3 Å². The van der Waals surface area contributed by atoms with Gasteiger partial charge < -0.3 is 10.1 Å². The van der Waals surface area contributed by atoms with Crippen LogP contribution in [0.25, 0.3) is 5.78 Å². The van der Waals surface area contributed by atoms with Crippen LogP contribution in [0.5, 0.6) is 0 Å². The number of non-ortho nitro benzene ring substituents is 1. The normalized spacial score (nSPS) is 16.6. The summed E-state index contributed by atoms with van der Waals surface area (Å²) in [6.07, 6.45) is 4.29. The van der Waals surface area contributed by atoms with Crippen LogP contribution in [0.3, 0.4) is 0 Å². The van der Waals surface area contributed by atoms with Gasteiger partial charge in [0.2, 0.25) is 5.16 Å². The van der Waals surface area contributed by atoms with Gasteiger partial charge in [0.05, 0.1) is 23.8 Å². The predicted molar refractivity (Wildman–Crippen MR) is 126 cm³/mol. The number of nitro groups is 1. The second-order valence-electron chi connectivity index (χ2n) is 8.29. The molecule has 0 bridgehead atoms. The van der Waals surface area contributed by atoms with E-state index in [1.165, 1.54) is 29.5 Å². The Kier molecular flexibility index (Phi) is 6.70. The van der Waals surface area contributed by atoms with E-state index in [9.17, 15) is 10.1 Å². The van der Waals surface area contributed by atoms with Crippen molar-refractivity contribution >= 4 is 29.0 Å². The lowest BCUT2D eigenvalue weighted by Crippen LogP contribution is -2.39. The predicted octanol–water partition coefficient (Wildman–Crippen LogP) is 2.95. The average molecular weight is 470 g/mol. The molecular weight excluding hydrogens is 442 g/mol. The van der Waals surface area contributed by atoms with E-state index < -0.39 is 0 Å². The van der Waals surface area contributed by atoms with Gasteiger partial charge in [-0.25, -0.2) is 4.98 Å². The lowest BCUT2D eigenvalue weighted by Gasteiger charge is -2.27. The molecule has 1 saturated heterocycles. The van der Waals surface area contributed by atoms with E-state index in [1.807, 2.05) is 4.52 Å². The Balaban J connectivity index is 1.33. The molecule has 1 aliphatic heterocycles. The molecule has 1 aliphatic carbocycles. The van der Waals surface area contributed by atoms with Crippen molar-refractivity contribution in [3.05, 3.63) is 51.2 Å². The number of rotatable bonds is 8. The van der Waals surface area contributed by atoms with Crippen molar-refractivity contribution in [1.29, 1.82) is 0 Å². The fraction of sp³-hybridized carbons (Fsp3) is 0.500. The Morgan fingerprint density at radius 3 is 2.70 bits per heavy atom. The minimum absolute atomic E-state index is 0.0946.